The number of furan rings is 1. The summed E-state index contributed by atoms with van der Waals surface area (Å²) in [7, 11) is 4.67. The molecule has 0 unspecified atom stereocenters. The van der Waals surface area contributed by atoms with E-state index in [1.165, 1.54) is 0 Å². The van der Waals surface area contributed by atoms with Crippen molar-refractivity contribution < 1.29 is 18.6 Å². The number of benzene rings is 1. The lowest BCUT2D eigenvalue weighted by Crippen LogP contribution is -2.02. The van der Waals surface area contributed by atoms with Gasteiger partial charge in [0.2, 0.25) is 11.7 Å². The molecule has 0 saturated carbocycles. The van der Waals surface area contributed by atoms with Gasteiger partial charge < -0.3 is 29.3 Å². The SMILES string of the molecule is COc1cc(Nc2nccc(Nc3cc(-c4ccco4)[nH]n3)n2)cc(OC)c1OC. The Labute approximate surface area is 172 Å². The Hall–Kier alpha value is -4.21. The van der Waals surface area contributed by atoms with Crippen LogP contribution in [0, 0.1) is 0 Å². The highest BCUT2D eigenvalue weighted by atomic mass is 16.5. The van der Waals surface area contributed by atoms with Crippen LogP contribution in [-0.4, -0.2) is 41.5 Å². The van der Waals surface area contributed by atoms with E-state index >= 15 is 0 Å². The molecule has 10 nitrogen and oxygen atoms in total. The number of ether oxygens (including phenoxy) is 3. The molecule has 0 spiro atoms. The van der Waals surface area contributed by atoms with Crippen molar-refractivity contribution in [3.63, 3.8) is 0 Å². The minimum atomic E-state index is 0.385. The van der Waals surface area contributed by atoms with Crippen LogP contribution >= 0.6 is 0 Å². The largest absolute Gasteiger partial charge is 0.493 e. The van der Waals surface area contributed by atoms with E-state index in [1.54, 1.807) is 52.0 Å². The second-order valence-corrected chi connectivity index (χ2v) is 6.07. The molecule has 4 aromatic rings. The smallest absolute Gasteiger partial charge is 0.229 e. The van der Waals surface area contributed by atoms with Crippen LogP contribution in [0.2, 0.25) is 0 Å². The standard InChI is InChI=1S/C20H20N6O4/c1-27-15-9-12(10-16(28-2)19(15)29-3)22-20-21-7-6-17(24-20)23-18-11-13(25-26-18)14-5-4-8-30-14/h4-11H,1-3H3,(H3,21,22,23,24,25,26). The third-order valence-electron chi connectivity index (χ3n) is 4.20. The lowest BCUT2D eigenvalue weighted by atomic mass is 10.2. The Morgan fingerprint density at radius 2 is 1.73 bits per heavy atom. The molecular weight excluding hydrogens is 388 g/mol. The summed E-state index contributed by atoms with van der Waals surface area (Å²) in [4.78, 5) is 8.72. The predicted octanol–water partition coefficient (Wildman–Crippen LogP) is 3.97. The third-order valence-corrected chi connectivity index (χ3v) is 4.20. The maximum atomic E-state index is 5.38. The van der Waals surface area contributed by atoms with Crippen molar-refractivity contribution in [3.8, 4) is 28.7 Å². The molecule has 3 heterocycles. The zero-order valence-electron chi connectivity index (χ0n) is 16.6. The van der Waals surface area contributed by atoms with Gasteiger partial charge in [-0.3, -0.25) is 5.10 Å². The summed E-state index contributed by atoms with van der Waals surface area (Å²) in [5.74, 6) is 3.80. The Morgan fingerprint density at radius 1 is 0.933 bits per heavy atom. The average molecular weight is 408 g/mol. The van der Waals surface area contributed by atoms with E-state index < -0.39 is 0 Å². The maximum Gasteiger partial charge on any atom is 0.229 e. The van der Waals surface area contributed by atoms with E-state index in [-0.39, 0.29) is 0 Å². The van der Waals surface area contributed by atoms with Crippen LogP contribution in [-0.2, 0) is 0 Å². The average Bonchev–Trinajstić information content (AvgIpc) is 3.45. The molecule has 0 fully saturated rings. The van der Waals surface area contributed by atoms with Crippen LogP contribution in [0.1, 0.15) is 0 Å². The third kappa shape index (κ3) is 3.97. The van der Waals surface area contributed by atoms with E-state index in [4.69, 9.17) is 18.6 Å². The van der Waals surface area contributed by atoms with Crippen LogP contribution in [0.25, 0.3) is 11.5 Å². The van der Waals surface area contributed by atoms with Gasteiger partial charge >= 0.3 is 0 Å². The van der Waals surface area contributed by atoms with Gasteiger partial charge in [-0.15, -0.1) is 0 Å². The zero-order chi connectivity index (χ0) is 20.9. The molecule has 0 bridgehead atoms. The number of methoxy groups -OCH3 is 3. The van der Waals surface area contributed by atoms with Crippen molar-refractivity contribution in [2.24, 2.45) is 0 Å². The van der Waals surface area contributed by atoms with Crippen molar-refractivity contribution in [1.29, 1.82) is 0 Å². The first-order chi connectivity index (χ1) is 14.7. The second-order valence-electron chi connectivity index (χ2n) is 6.07. The quantitative estimate of drug-likeness (QED) is 0.398. The van der Waals surface area contributed by atoms with Gasteiger partial charge in [0, 0.05) is 30.1 Å². The van der Waals surface area contributed by atoms with Gasteiger partial charge in [-0.05, 0) is 18.2 Å². The van der Waals surface area contributed by atoms with Gasteiger partial charge in [-0.2, -0.15) is 10.1 Å². The molecule has 0 aliphatic carbocycles. The number of H-pyrrole nitrogens is 1. The summed E-state index contributed by atoms with van der Waals surface area (Å²) in [6.07, 6.45) is 3.24. The zero-order valence-corrected chi connectivity index (χ0v) is 16.6. The van der Waals surface area contributed by atoms with E-state index in [0.717, 1.165) is 5.69 Å². The molecule has 0 aliphatic rings. The number of rotatable bonds is 8. The first kappa shape index (κ1) is 19.1. The molecule has 154 valence electrons. The summed E-state index contributed by atoms with van der Waals surface area (Å²) < 4.78 is 21.5. The number of aromatic amines is 1. The molecule has 1 aromatic carbocycles. The van der Waals surface area contributed by atoms with Gasteiger partial charge in [0.05, 0.1) is 27.6 Å². The van der Waals surface area contributed by atoms with E-state index in [2.05, 4.69) is 30.8 Å². The van der Waals surface area contributed by atoms with Crippen LogP contribution in [0.15, 0.2) is 53.3 Å². The van der Waals surface area contributed by atoms with E-state index in [1.807, 2.05) is 18.2 Å². The number of nitrogens with one attached hydrogen (secondary N) is 3. The van der Waals surface area contributed by atoms with Crippen LogP contribution in [0.4, 0.5) is 23.3 Å². The van der Waals surface area contributed by atoms with Gasteiger partial charge in [0.25, 0.3) is 0 Å². The molecule has 4 rings (SSSR count). The minimum absolute atomic E-state index is 0.385. The molecule has 0 amide bonds. The van der Waals surface area contributed by atoms with Crippen molar-refractivity contribution in [3.05, 3.63) is 48.9 Å². The fraction of sp³-hybridized carbons (Fsp3) is 0.150. The topological polar surface area (TPSA) is 119 Å². The summed E-state index contributed by atoms with van der Waals surface area (Å²) in [6.45, 7) is 0. The maximum absolute atomic E-state index is 5.38. The number of nitrogens with zero attached hydrogens (tertiary/aromatic N) is 3. The summed E-state index contributed by atoms with van der Waals surface area (Å²) in [5, 5.41) is 13.4. The Bertz CT molecular complexity index is 1100. The van der Waals surface area contributed by atoms with Gasteiger partial charge in [0.15, 0.2) is 23.1 Å². The predicted molar refractivity (Wildman–Crippen MR) is 111 cm³/mol. The first-order valence-corrected chi connectivity index (χ1v) is 8.96. The van der Waals surface area contributed by atoms with Crippen LogP contribution < -0.4 is 24.8 Å². The molecule has 0 radical (unpaired) electrons. The van der Waals surface area contributed by atoms with Crippen LogP contribution in [0.3, 0.4) is 0 Å². The number of hydrogen-bond acceptors (Lipinski definition) is 9. The molecule has 0 aliphatic heterocycles. The molecule has 3 N–H and O–H groups in total. The van der Waals surface area contributed by atoms with Gasteiger partial charge in [0.1, 0.15) is 11.5 Å². The monoisotopic (exact) mass is 408 g/mol. The van der Waals surface area contributed by atoms with Crippen molar-refractivity contribution in [2.45, 2.75) is 0 Å². The lowest BCUT2D eigenvalue weighted by Gasteiger charge is -2.14. The fourth-order valence-electron chi connectivity index (χ4n) is 2.85. The normalized spacial score (nSPS) is 10.5. The Morgan fingerprint density at radius 3 is 2.40 bits per heavy atom. The molecule has 30 heavy (non-hydrogen) atoms. The minimum Gasteiger partial charge on any atom is -0.493 e. The van der Waals surface area contributed by atoms with Crippen LogP contribution in [0.5, 0.6) is 17.2 Å². The van der Waals surface area contributed by atoms with Crippen molar-refractivity contribution >= 4 is 23.3 Å². The first-order valence-electron chi connectivity index (χ1n) is 8.96. The number of aromatic nitrogens is 4. The Balaban J connectivity index is 1.53. The number of hydrogen-bond donors (Lipinski definition) is 3. The molecule has 10 heteroatoms. The Kier molecular flexibility index (Phi) is 5.37. The van der Waals surface area contributed by atoms with Crippen molar-refractivity contribution in [1.82, 2.24) is 20.2 Å². The second kappa shape index (κ2) is 8.43. The summed E-state index contributed by atoms with van der Waals surface area (Å²) in [6, 6.07) is 10.8. The lowest BCUT2D eigenvalue weighted by molar-refractivity contribution is 0.324. The van der Waals surface area contributed by atoms with Gasteiger partial charge in [-0.1, -0.05) is 0 Å². The fourth-order valence-corrected chi connectivity index (χ4v) is 2.85. The highest BCUT2D eigenvalue weighted by molar-refractivity contribution is 5.67. The van der Waals surface area contributed by atoms with Gasteiger partial charge in [-0.25, -0.2) is 4.98 Å². The summed E-state index contributed by atoms with van der Waals surface area (Å²) in [5.41, 5.74) is 1.44. The molecule has 3 aromatic heterocycles. The highest BCUT2D eigenvalue weighted by Gasteiger charge is 2.14. The molecule has 0 atom stereocenters. The molecular formula is C20H20N6O4. The highest BCUT2D eigenvalue weighted by Crippen LogP contribution is 2.40. The summed E-state index contributed by atoms with van der Waals surface area (Å²) >= 11 is 0. The van der Waals surface area contributed by atoms with Crippen molar-refractivity contribution in [2.75, 3.05) is 32.0 Å². The molecule has 0 saturated heterocycles. The number of anilines is 4. The van der Waals surface area contributed by atoms with E-state index in [9.17, 15) is 0 Å². The van der Waals surface area contributed by atoms with E-state index in [0.29, 0.717) is 46.3 Å².